The number of anilines is 3. The predicted octanol–water partition coefficient (Wildman–Crippen LogP) is 3.51. The van der Waals surface area contributed by atoms with Crippen LogP contribution in [0.3, 0.4) is 0 Å². The SMILES string of the molecule is COc1c(Nc2cc(NC(=O)NC3CC3)ncc2C(=O)C2CC2)cccc1-c1ncn(C)n1. The number of hydrogen-bond acceptors (Lipinski definition) is 7. The van der Waals surface area contributed by atoms with Crippen molar-refractivity contribution in [3.8, 4) is 17.1 Å². The van der Waals surface area contributed by atoms with Crippen molar-refractivity contribution in [2.45, 2.75) is 31.7 Å². The van der Waals surface area contributed by atoms with Gasteiger partial charge in [-0.2, -0.15) is 5.10 Å². The second kappa shape index (κ2) is 8.53. The lowest BCUT2D eigenvalue weighted by Crippen LogP contribution is -2.30. The zero-order valence-electron chi connectivity index (χ0n) is 18.5. The molecule has 2 saturated carbocycles. The van der Waals surface area contributed by atoms with E-state index in [0.29, 0.717) is 34.3 Å². The molecule has 1 aromatic carbocycles. The first-order valence-corrected chi connectivity index (χ1v) is 10.9. The van der Waals surface area contributed by atoms with E-state index in [4.69, 9.17) is 4.74 Å². The molecular weight excluding hydrogens is 422 g/mol. The van der Waals surface area contributed by atoms with E-state index in [0.717, 1.165) is 31.2 Å². The second-order valence-corrected chi connectivity index (χ2v) is 8.38. The number of carbonyl (C=O) groups excluding carboxylic acids is 2. The van der Waals surface area contributed by atoms with E-state index >= 15 is 0 Å². The zero-order chi connectivity index (χ0) is 22.9. The Kier molecular flexibility index (Phi) is 5.41. The van der Waals surface area contributed by atoms with E-state index in [1.54, 1.807) is 31.2 Å². The summed E-state index contributed by atoms with van der Waals surface area (Å²) in [6, 6.07) is 7.18. The van der Waals surface area contributed by atoms with Crippen molar-refractivity contribution in [3.05, 3.63) is 42.4 Å². The average molecular weight is 447 g/mol. The molecule has 0 bridgehead atoms. The summed E-state index contributed by atoms with van der Waals surface area (Å²) in [6.07, 6.45) is 6.88. The summed E-state index contributed by atoms with van der Waals surface area (Å²) < 4.78 is 7.31. The van der Waals surface area contributed by atoms with Crippen molar-refractivity contribution in [3.63, 3.8) is 0 Å². The first-order valence-electron chi connectivity index (χ1n) is 10.9. The highest BCUT2D eigenvalue weighted by Crippen LogP contribution is 2.39. The van der Waals surface area contributed by atoms with Crippen LogP contribution in [0.15, 0.2) is 36.8 Å². The van der Waals surface area contributed by atoms with Crippen LogP contribution >= 0.6 is 0 Å². The van der Waals surface area contributed by atoms with Gasteiger partial charge in [0.25, 0.3) is 0 Å². The van der Waals surface area contributed by atoms with Crippen LogP contribution in [0.4, 0.5) is 22.0 Å². The fourth-order valence-corrected chi connectivity index (χ4v) is 3.59. The van der Waals surface area contributed by atoms with E-state index < -0.39 is 0 Å². The summed E-state index contributed by atoms with van der Waals surface area (Å²) in [5.74, 6) is 1.49. The Hall–Kier alpha value is -3.95. The van der Waals surface area contributed by atoms with Crippen LogP contribution in [0.1, 0.15) is 36.0 Å². The minimum atomic E-state index is -0.307. The molecule has 10 heteroatoms. The molecule has 170 valence electrons. The maximum absolute atomic E-state index is 12.9. The van der Waals surface area contributed by atoms with E-state index in [-0.39, 0.29) is 23.8 Å². The number of para-hydroxylation sites is 1. The van der Waals surface area contributed by atoms with E-state index in [2.05, 4.69) is 31.0 Å². The molecule has 0 atom stereocenters. The van der Waals surface area contributed by atoms with Crippen LogP contribution < -0.4 is 20.7 Å². The Labute approximate surface area is 190 Å². The number of amides is 2. The van der Waals surface area contributed by atoms with Gasteiger partial charge in [0.1, 0.15) is 12.1 Å². The number of ether oxygens (including phenoxy) is 1. The van der Waals surface area contributed by atoms with Crippen molar-refractivity contribution in [1.82, 2.24) is 25.1 Å². The highest BCUT2D eigenvalue weighted by atomic mass is 16.5. The summed E-state index contributed by atoms with van der Waals surface area (Å²) in [5.41, 5.74) is 2.39. The summed E-state index contributed by atoms with van der Waals surface area (Å²) in [4.78, 5) is 33.7. The molecule has 2 aliphatic rings. The van der Waals surface area contributed by atoms with Crippen molar-refractivity contribution < 1.29 is 14.3 Å². The Balaban J connectivity index is 1.48. The highest BCUT2D eigenvalue weighted by Gasteiger charge is 2.32. The molecule has 3 aromatic rings. The average Bonchev–Trinajstić information content (AvgIpc) is 3.73. The Bertz CT molecular complexity index is 1210. The molecular formula is C23H25N7O3. The van der Waals surface area contributed by atoms with Crippen LogP contribution in [0.25, 0.3) is 11.4 Å². The van der Waals surface area contributed by atoms with Gasteiger partial charge in [-0.05, 0) is 37.8 Å². The number of aryl methyl sites for hydroxylation is 1. The van der Waals surface area contributed by atoms with Gasteiger partial charge in [-0.1, -0.05) is 6.07 Å². The predicted molar refractivity (Wildman–Crippen MR) is 123 cm³/mol. The molecule has 2 aromatic heterocycles. The monoisotopic (exact) mass is 447 g/mol. The minimum absolute atomic E-state index is 0.0234. The first-order chi connectivity index (χ1) is 16.0. The van der Waals surface area contributed by atoms with E-state index in [1.807, 2.05) is 18.2 Å². The van der Waals surface area contributed by atoms with Gasteiger partial charge in [-0.25, -0.2) is 14.8 Å². The smallest absolute Gasteiger partial charge is 0.320 e. The second-order valence-electron chi connectivity index (χ2n) is 8.38. The molecule has 10 nitrogen and oxygen atoms in total. The number of aromatic nitrogens is 4. The molecule has 0 radical (unpaired) electrons. The molecule has 33 heavy (non-hydrogen) atoms. The molecule has 2 fully saturated rings. The van der Waals surface area contributed by atoms with Crippen molar-refractivity contribution in [2.75, 3.05) is 17.7 Å². The lowest BCUT2D eigenvalue weighted by atomic mass is 10.1. The number of rotatable bonds is 8. The molecule has 0 unspecified atom stereocenters. The highest BCUT2D eigenvalue weighted by molar-refractivity contribution is 6.05. The normalized spacial score (nSPS) is 15.1. The van der Waals surface area contributed by atoms with Crippen LogP contribution in [-0.2, 0) is 7.05 Å². The van der Waals surface area contributed by atoms with Gasteiger partial charge in [-0.3, -0.25) is 14.8 Å². The molecule has 0 aliphatic heterocycles. The maximum Gasteiger partial charge on any atom is 0.320 e. The Morgan fingerprint density at radius 2 is 1.94 bits per heavy atom. The molecule has 2 aliphatic carbocycles. The molecule has 2 heterocycles. The summed E-state index contributed by atoms with van der Waals surface area (Å²) in [5, 5.41) is 13.3. The van der Waals surface area contributed by atoms with Crippen molar-refractivity contribution >= 4 is 29.0 Å². The van der Waals surface area contributed by atoms with Gasteiger partial charge in [0.15, 0.2) is 17.4 Å². The number of ketones is 1. The number of nitrogens with one attached hydrogen (secondary N) is 3. The number of pyridine rings is 1. The summed E-state index contributed by atoms with van der Waals surface area (Å²) in [6.45, 7) is 0. The third-order valence-corrected chi connectivity index (χ3v) is 5.60. The lowest BCUT2D eigenvalue weighted by Gasteiger charge is -2.17. The van der Waals surface area contributed by atoms with E-state index in [1.165, 1.54) is 6.20 Å². The number of carbonyl (C=O) groups is 2. The van der Waals surface area contributed by atoms with Gasteiger partial charge in [-0.15, -0.1) is 0 Å². The number of urea groups is 1. The van der Waals surface area contributed by atoms with Crippen LogP contribution in [0.5, 0.6) is 5.75 Å². The zero-order valence-corrected chi connectivity index (χ0v) is 18.5. The standard InChI is InChI=1S/C23H25N7O3/c1-30-12-25-22(29-30)15-4-3-5-17(21(15)33-2)27-18-10-19(28-23(32)26-14-8-9-14)24-11-16(18)20(31)13-6-7-13/h3-5,10-14H,6-9H2,1-2H3,(H3,24,26,27,28,32). The topological polar surface area (TPSA) is 123 Å². The quantitative estimate of drug-likeness (QED) is 0.452. The largest absolute Gasteiger partial charge is 0.494 e. The number of Topliss-reactive ketones (excluding diaryl/α,β-unsaturated/α-hetero) is 1. The van der Waals surface area contributed by atoms with Gasteiger partial charge in [0.05, 0.1) is 29.6 Å². The van der Waals surface area contributed by atoms with E-state index in [9.17, 15) is 9.59 Å². The summed E-state index contributed by atoms with van der Waals surface area (Å²) >= 11 is 0. The van der Waals surface area contributed by atoms with Crippen molar-refractivity contribution in [1.29, 1.82) is 0 Å². The Morgan fingerprint density at radius 1 is 1.12 bits per heavy atom. The molecule has 0 spiro atoms. The third-order valence-electron chi connectivity index (χ3n) is 5.60. The van der Waals surface area contributed by atoms with Crippen LogP contribution in [-0.4, -0.2) is 44.7 Å². The molecule has 3 N–H and O–H groups in total. The number of methoxy groups -OCH3 is 1. The Morgan fingerprint density at radius 3 is 2.61 bits per heavy atom. The van der Waals surface area contributed by atoms with Crippen molar-refractivity contribution in [2.24, 2.45) is 13.0 Å². The number of hydrogen-bond donors (Lipinski definition) is 3. The molecule has 0 saturated heterocycles. The van der Waals surface area contributed by atoms with Gasteiger partial charge < -0.3 is 15.4 Å². The first kappa shape index (κ1) is 20.9. The third kappa shape index (κ3) is 4.64. The van der Waals surface area contributed by atoms with Gasteiger partial charge >= 0.3 is 6.03 Å². The summed E-state index contributed by atoms with van der Waals surface area (Å²) in [7, 11) is 3.37. The minimum Gasteiger partial charge on any atom is -0.494 e. The van der Waals surface area contributed by atoms with Gasteiger partial charge in [0.2, 0.25) is 0 Å². The fraction of sp³-hybridized carbons (Fsp3) is 0.348. The number of benzene rings is 1. The van der Waals surface area contributed by atoms with Crippen LogP contribution in [0.2, 0.25) is 0 Å². The maximum atomic E-state index is 12.9. The van der Waals surface area contributed by atoms with Crippen LogP contribution in [0, 0.1) is 5.92 Å². The number of nitrogens with zero attached hydrogens (tertiary/aromatic N) is 4. The van der Waals surface area contributed by atoms with Gasteiger partial charge in [0, 0.05) is 31.3 Å². The molecule has 5 rings (SSSR count). The lowest BCUT2D eigenvalue weighted by molar-refractivity contribution is 0.0968. The molecule has 2 amide bonds. The fourth-order valence-electron chi connectivity index (χ4n) is 3.59.